The number of methoxy groups -OCH3 is 1. The Kier molecular flexibility index (Phi) is 6.79. The van der Waals surface area contributed by atoms with Crippen molar-refractivity contribution in [2.45, 2.75) is 24.3 Å². The number of benzene rings is 1. The highest BCUT2D eigenvalue weighted by Gasteiger charge is 2.14. The standard InChI is InChI=1S/C14H22N2O5S/c1-10-4-5-11(8-13(10)22(3,19)20)15-14(18)16-12(9-17)6-7-21-2/h4-5,8,12,17H,6-7,9H2,1-3H3,(H2,15,16,18)/t12-/m1/s1. The Morgan fingerprint density at radius 2 is 2.09 bits per heavy atom. The molecule has 0 radical (unpaired) electrons. The molecule has 0 unspecified atom stereocenters. The number of sulfone groups is 1. The molecular weight excluding hydrogens is 308 g/mol. The molecule has 2 amide bonds. The van der Waals surface area contributed by atoms with Crippen molar-refractivity contribution in [3.63, 3.8) is 0 Å². The summed E-state index contributed by atoms with van der Waals surface area (Å²) < 4.78 is 28.2. The van der Waals surface area contributed by atoms with Gasteiger partial charge in [-0.05, 0) is 31.0 Å². The van der Waals surface area contributed by atoms with Crippen LogP contribution in [0.5, 0.6) is 0 Å². The van der Waals surface area contributed by atoms with E-state index < -0.39 is 21.9 Å². The largest absolute Gasteiger partial charge is 0.394 e. The van der Waals surface area contributed by atoms with E-state index in [0.717, 1.165) is 6.26 Å². The minimum absolute atomic E-state index is 0.170. The molecule has 1 aromatic rings. The molecule has 0 aliphatic rings. The Balaban J connectivity index is 2.76. The van der Waals surface area contributed by atoms with E-state index in [-0.39, 0.29) is 11.5 Å². The summed E-state index contributed by atoms with van der Waals surface area (Å²) in [5, 5.41) is 14.3. The maximum atomic E-state index is 11.9. The van der Waals surface area contributed by atoms with Gasteiger partial charge in [0.1, 0.15) is 0 Å². The monoisotopic (exact) mass is 330 g/mol. The summed E-state index contributed by atoms with van der Waals surface area (Å²) in [6.07, 6.45) is 1.59. The average molecular weight is 330 g/mol. The third-order valence-electron chi connectivity index (χ3n) is 3.07. The fraction of sp³-hybridized carbons (Fsp3) is 0.500. The smallest absolute Gasteiger partial charge is 0.319 e. The van der Waals surface area contributed by atoms with Gasteiger partial charge in [-0.25, -0.2) is 13.2 Å². The topological polar surface area (TPSA) is 105 Å². The highest BCUT2D eigenvalue weighted by Crippen LogP contribution is 2.20. The molecule has 0 bridgehead atoms. The van der Waals surface area contributed by atoms with Crippen molar-refractivity contribution in [3.8, 4) is 0 Å². The second-order valence-electron chi connectivity index (χ2n) is 5.01. The summed E-state index contributed by atoms with van der Waals surface area (Å²) >= 11 is 0. The number of hydrogen-bond acceptors (Lipinski definition) is 5. The quantitative estimate of drug-likeness (QED) is 0.689. The van der Waals surface area contributed by atoms with Crippen molar-refractivity contribution in [1.29, 1.82) is 0 Å². The first-order chi connectivity index (χ1) is 10.3. The van der Waals surface area contributed by atoms with Gasteiger partial charge in [0.05, 0.1) is 17.5 Å². The van der Waals surface area contributed by atoms with Crippen LogP contribution in [0.15, 0.2) is 23.1 Å². The van der Waals surface area contributed by atoms with E-state index in [4.69, 9.17) is 4.74 Å². The van der Waals surface area contributed by atoms with Gasteiger partial charge in [0.15, 0.2) is 9.84 Å². The van der Waals surface area contributed by atoms with Crippen molar-refractivity contribution in [3.05, 3.63) is 23.8 Å². The Bertz CT molecular complexity index is 616. The third-order valence-corrected chi connectivity index (χ3v) is 4.31. The number of hydrogen-bond donors (Lipinski definition) is 3. The first-order valence-corrected chi connectivity index (χ1v) is 8.65. The maximum absolute atomic E-state index is 11.9. The van der Waals surface area contributed by atoms with Crippen LogP contribution in [-0.2, 0) is 14.6 Å². The molecule has 7 nitrogen and oxygen atoms in total. The third kappa shape index (κ3) is 5.63. The number of ether oxygens (including phenoxy) is 1. The lowest BCUT2D eigenvalue weighted by molar-refractivity contribution is 0.161. The van der Waals surface area contributed by atoms with Gasteiger partial charge < -0.3 is 20.5 Å². The van der Waals surface area contributed by atoms with Crippen LogP contribution in [0.3, 0.4) is 0 Å². The van der Waals surface area contributed by atoms with Crippen LogP contribution in [0.4, 0.5) is 10.5 Å². The molecule has 1 rings (SSSR count). The van der Waals surface area contributed by atoms with Gasteiger partial charge in [0.2, 0.25) is 0 Å². The van der Waals surface area contributed by atoms with Crippen LogP contribution < -0.4 is 10.6 Å². The number of anilines is 1. The van der Waals surface area contributed by atoms with E-state index in [1.165, 1.54) is 13.2 Å². The zero-order valence-corrected chi connectivity index (χ0v) is 13.7. The molecule has 8 heteroatoms. The molecule has 124 valence electrons. The molecule has 0 aromatic heterocycles. The Morgan fingerprint density at radius 3 is 2.64 bits per heavy atom. The summed E-state index contributed by atoms with van der Waals surface area (Å²) in [7, 11) is -1.82. The van der Waals surface area contributed by atoms with E-state index in [9.17, 15) is 18.3 Å². The van der Waals surface area contributed by atoms with Crippen molar-refractivity contribution >= 4 is 21.6 Å². The van der Waals surface area contributed by atoms with Gasteiger partial charge in [0.25, 0.3) is 0 Å². The zero-order chi connectivity index (χ0) is 16.8. The van der Waals surface area contributed by atoms with Crippen LogP contribution >= 0.6 is 0 Å². The minimum Gasteiger partial charge on any atom is -0.394 e. The van der Waals surface area contributed by atoms with Crippen molar-refractivity contribution in [2.24, 2.45) is 0 Å². The second kappa shape index (κ2) is 8.11. The van der Waals surface area contributed by atoms with Crippen molar-refractivity contribution in [2.75, 3.05) is 31.9 Å². The predicted molar refractivity (Wildman–Crippen MR) is 83.8 cm³/mol. The fourth-order valence-corrected chi connectivity index (χ4v) is 2.89. The van der Waals surface area contributed by atoms with Gasteiger partial charge in [-0.2, -0.15) is 0 Å². The van der Waals surface area contributed by atoms with E-state index in [2.05, 4.69) is 10.6 Å². The fourth-order valence-electron chi connectivity index (χ4n) is 1.90. The first-order valence-electron chi connectivity index (χ1n) is 6.76. The number of carbonyl (C=O) groups excluding carboxylic acids is 1. The molecule has 3 N–H and O–H groups in total. The highest BCUT2D eigenvalue weighted by atomic mass is 32.2. The van der Waals surface area contributed by atoms with Gasteiger partial charge in [-0.15, -0.1) is 0 Å². The van der Waals surface area contributed by atoms with E-state index >= 15 is 0 Å². The Morgan fingerprint density at radius 1 is 1.41 bits per heavy atom. The number of urea groups is 1. The summed E-state index contributed by atoms with van der Waals surface area (Å²) in [6.45, 7) is 1.89. The van der Waals surface area contributed by atoms with Crippen LogP contribution in [0.1, 0.15) is 12.0 Å². The molecule has 1 atom stereocenters. The molecule has 0 saturated heterocycles. The predicted octanol–water partition coefficient (Wildman–Crippen LogP) is 0.917. The number of amides is 2. The Hall–Kier alpha value is -1.64. The molecule has 0 heterocycles. The summed E-state index contributed by atoms with van der Waals surface area (Å²) in [5.41, 5.74) is 0.980. The van der Waals surface area contributed by atoms with Gasteiger partial charge in [-0.3, -0.25) is 0 Å². The summed E-state index contributed by atoms with van der Waals surface area (Å²) in [5.74, 6) is 0. The number of nitrogens with one attached hydrogen (secondary N) is 2. The summed E-state index contributed by atoms with van der Waals surface area (Å²) in [6, 6.07) is 3.71. The van der Waals surface area contributed by atoms with Gasteiger partial charge in [-0.1, -0.05) is 6.07 Å². The molecule has 0 aliphatic heterocycles. The van der Waals surface area contributed by atoms with E-state index in [0.29, 0.717) is 24.3 Å². The molecule has 0 fully saturated rings. The summed E-state index contributed by atoms with van der Waals surface area (Å²) in [4.78, 5) is 12.0. The van der Waals surface area contributed by atoms with Crippen molar-refractivity contribution < 1.29 is 23.1 Å². The molecule has 0 spiro atoms. The molecule has 22 heavy (non-hydrogen) atoms. The lowest BCUT2D eigenvalue weighted by Gasteiger charge is -2.16. The van der Waals surface area contributed by atoms with Crippen LogP contribution in [0.25, 0.3) is 0 Å². The zero-order valence-electron chi connectivity index (χ0n) is 12.9. The van der Waals surface area contributed by atoms with Crippen LogP contribution in [0.2, 0.25) is 0 Å². The molecule has 0 aliphatic carbocycles. The Labute approximate surface area is 130 Å². The number of aliphatic hydroxyl groups is 1. The van der Waals surface area contributed by atoms with Gasteiger partial charge >= 0.3 is 6.03 Å². The van der Waals surface area contributed by atoms with Crippen LogP contribution in [0, 0.1) is 6.92 Å². The van der Waals surface area contributed by atoms with Crippen molar-refractivity contribution in [1.82, 2.24) is 5.32 Å². The SMILES string of the molecule is COCC[C@H](CO)NC(=O)Nc1ccc(C)c(S(C)(=O)=O)c1. The lowest BCUT2D eigenvalue weighted by atomic mass is 10.2. The van der Waals surface area contributed by atoms with E-state index in [1.807, 2.05) is 0 Å². The normalized spacial score (nSPS) is 12.7. The van der Waals surface area contributed by atoms with Gasteiger partial charge in [0, 0.05) is 25.7 Å². The number of rotatable bonds is 7. The minimum atomic E-state index is -3.36. The molecule has 0 saturated carbocycles. The first kappa shape index (κ1) is 18.4. The average Bonchev–Trinajstić information content (AvgIpc) is 2.44. The van der Waals surface area contributed by atoms with Crippen LogP contribution in [-0.4, -0.2) is 52.2 Å². The maximum Gasteiger partial charge on any atom is 0.319 e. The number of aryl methyl sites for hydroxylation is 1. The highest BCUT2D eigenvalue weighted by molar-refractivity contribution is 7.90. The second-order valence-corrected chi connectivity index (χ2v) is 7.00. The molecule has 1 aromatic carbocycles. The number of carbonyl (C=O) groups is 1. The lowest BCUT2D eigenvalue weighted by Crippen LogP contribution is -2.40. The van der Waals surface area contributed by atoms with E-state index in [1.54, 1.807) is 19.1 Å². The molecular formula is C14H22N2O5S. The number of aliphatic hydroxyl groups excluding tert-OH is 1.